The van der Waals surface area contributed by atoms with E-state index in [1.165, 1.54) is 23.5 Å². The van der Waals surface area contributed by atoms with Gasteiger partial charge in [0.05, 0.1) is 5.02 Å². The lowest BCUT2D eigenvalue weighted by molar-refractivity contribution is -0.119. The zero-order valence-corrected chi connectivity index (χ0v) is 19.5. The van der Waals surface area contributed by atoms with Crippen LogP contribution in [-0.4, -0.2) is 28.2 Å². The number of urea groups is 1. The molecule has 3 aromatic rings. The minimum absolute atomic E-state index is 0.119. The van der Waals surface area contributed by atoms with Crippen molar-refractivity contribution in [2.45, 2.75) is 26.3 Å². The molecule has 0 saturated carbocycles. The van der Waals surface area contributed by atoms with Crippen molar-refractivity contribution in [1.82, 2.24) is 15.5 Å². The Bertz CT molecular complexity index is 1110. The summed E-state index contributed by atoms with van der Waals surface area (Å²) in [7, 11) is 0. The number of benzene rings is 2. The van der Waals surface area contributed by atoms with Gasteiger partial charge in [0.2, 0.25) is 11.0 Å². The molecule has 11 heteroatoms. The highest BCUT2D eigenvalue weighted by Gasteiger charge is 2.27. The molecule has 0 bridgehead atoms. The van der Waals surface area contributed by atoms with E-state index >= 15 is 0 Å². The van der Waals surface area contributed by atoms with Crippen LogP contribution in [0.25, 0.3) is 10.6 Å². The first-order valence-corrected chi connectivity index (χ1v) is 11.3. The first-order valence-electron chi connectivity index (χ1n) is 9.69. The Morgan fingerprint density at radius 1 is 1.09 bits per heavy atom. The van der Waals surface area contributed by atoms with Crippen LogP contribution in [0.5, 0.6) is 0 Å². The van der Waals surface area contributed by atoms with Crippen LogP contribution in [-0.2, 0) is 4.79 Å². The molecular formula is C21H20Cl2FN5O2S. The van der Waals surface area contributed by atoms with Gasteiger partial charge in [0, 0.05) is 16.3 Å². The molecular weight excluding hydrogens is 476 g/mol. The molecule has 32 heavy (non-hydrogen) atoms. The second-order valence-electron chi connectivity index (χ2n) is 7.00. The zero-order valence-electron chi connectivity index (χ0n) is 17.2. The summed E-state index contributed by atoms with van der Waals surface area (Å²) in [5, 5.41) is 17.4. The highest BCUT2D eigenvalue weighted by Crippen LogP contribution is 2.27. The number of carbonyl (C=O) groups excluding carboxylic acids is 2. The summed E-state index contributed by atoms with van der Waals surface area (Å²) in [6.45, 7) is 3.76. The summed E-state index contributed by atoms with van der Waals surface area (Å²) < 4.78 is 13.3. The van der Waals surface area contributed by atoms with Crippen molar-refractivity contribution in [3.8, 4) is 10.6 Å². The number of hydrogen-bond acceptors (Lipinski definition) is 5. The van der Waals surface area contributed by atoms with Crippen molar-refractivity contribution >= 4 is 57.3 Å². The summed E-state index contributed by atoms with van der Waals surface area (Å²) in [5.74, 6) is -1.18. The molecule has 2 atom stereocenters. The van der Waals surface area contributed by atoms with Gasteiger partial charge in [0.15, 0.2) is 0 Å². The number of halogens is 3. The van der Waals surface area contributed by atoms with Gasteiger partial charge in [-0.05, 0) is 36.2 Å². The predicted molar refractivity (Wildman–Crippen MR) is 126 cm³/mol. The molecule has 0 spiro atoms. The van der Waals surface area contributed by atoms with Gasteiger partial charge in [-0.25, -0.2) is 9.18 Å². The van der Waals surface area contributed by atoms with Gasteiger partial charge in [-0.15, -0.1) is 10.2 Å². The third kappa shape index (κ3) is 6.15. The van der Waals surface area contributed by atoms with Gasteiger partial charge >= 0.3 is 6.03 Å². The van der Waals surface area contributed by atoms with Gasteiger partial charge in [0.1, 0.15) is 16.9 Å². The second kappa shape index (κ2) is 10.7. The van der Waals surface area contributed by atoms with Gasteiger partial charge in [-0.1, -0.05) is 66.9 Å². The first-order chi connectivity index (χ1) is 15.3. The van der Waals surface area contributed by atoms with E-state index in [9.17, 15) is 14.0 Å². The molecule has 3 rings (SSSR count). The highest BCUT2D eigenvalue weighted by molar-refractivity contribution is 7.18. The van der Waals surface area contributed by atoms with E-state index in [-0.39, 0.29) is 10.9 Å². The highest BCUT2D eigenvalue weighted by atomic mass is 35.5. The summed E-state index contributed by atoms with van der Waals surface area (Å²) >= 11 is 12.9. The molecule has 2 aromatic carbocycles. The Morgan fingerprint density at radius 3 is 2.47 bits per heavy atom. The normalized spacial score (nSPS) is 12.7. The van der Waals surface area contributed by atoms with Gasteiger partial charge in [-0.3, -0.25) is 10.1 Å². The minimum atomic E-state index is -0.834. The number of carbonyl (C=O) groups is 2. The molecule has 3 amide bonds. The molecule has 0 aliphatic rings. The summed E-state index contributed by atoms with van der Waals surface area (Å²) in [4.78, 5) is 25.3. The lowest BCUT2D eigenvalue weighted by atomic mass is 9.98. The smallest absolute Gasteiger partial charge is 0.319 e. The van der Waals surface area contributed by atoms with Crippen molar-refractivity contribution in [3.63, 3.8) is 0 Å². The summed E-state index contributed by atoms with van der Waals surface area (Å²) in [6.07, 6.45) is 0.646. The number of amides is 3. The fourth-order valence-corrected chi connectivity index (χ4v) is 3.81. The number of nitrogens with one attached hydrogen (secondary N) is 3. The third-order valence-corrected chi connectivity index (χ3v) is 6.14. The average Bonchev–Trinajstić information content (AvgIpc) is 3.23. The number of aromatic nitrogens is 2. The number of hydrogen-bond donors (Lipinski definition) is 3. The lowest BCUT2D eigenvalue weighted by Gasteiger charge is -2.23. The van der Waals surface area contributed by atoms with E-state index in [1.807, 2.05) is 26.0 Å². The minimum Gasteiger partial charge on any atom is -0.326 e. The van der Waals surface area contributed by atoms with E-state index in [1.54, 1.807) is 12.1 Å². The Labute approximate surface area is 198 Å². The Balaban J connectivity index is 1.67. The fourth-order valence-electron chi connectivity index (χ4n) is 2.75. The van der Waals surface area contributed by atoms with Gasteiger partial charge < -0.3 is 10.6 Å². The summed E-state index contributed by atoms with van der Waals surface area (Å²) in [5.41, 5.74) is 1.12. The van der Waals surface area contributed by atoms with Crippen molar-refractivity contribution in [3.05, 3.63) is 58.3 Å². The van der Waals surface area contributed by atoms with Crippen molar-refractivity contribution in [1.29, 1.82) is 0 Å². The molecule has 0 unspecified atom stereocenters. The van der Waals surface area contributed by atoms with Crippen LogP contribution >= 0.6 is 34.5 Å². The van der Waals surface area contributed by atoms with Crippen LogP contribution in [0.15, 0.2) is 42.5 Å². The number of anilines is 2. The van der Waals surface area contributed by atoms with Crippen molar-refractivity contribution in [2.75, 3.05) is 10.6 Å². The quantitative estimate of drug-likeness (QED) is 0.384. The average molecular weight is 496 g/mol. The first kappa shape index (κ1) is 23.9. The summed E-state index contributed by atoms with van der Waals surface area (Å²) in [6, 6.07) is 9.45. The molecule has 7 nitrogen and oxygen atoms in total. The topological polar surface area (TPSA) is 96.0 Å². The number of nitrogens with zero attached hydrogens (tertiary/aromatic N) is 2. The molecule has 3 N–H and O–H groups in total. The SMILES string of the molecule is CC[C@H](C)[C@@H](NC(=O)Nc1ccc(F)c(Cl)c1)C(=O)Nc1nnc(-c2ccc(Cl)cc2)s1. The van der Waals surface area contributed by atoms with E-state index in [4.69, 9.17) is 23.2 Å². The van der Waals surface area contributed by atoms with E-state index in [0.29, 0.717) is 27.3 Å². The number of rotatable bonds is 7. The largest absolute Gasteiger partial charge is 0.326 e. The Hall–Kier alpha value is -2.75. The van der Waals surface area contributed by atoms with Crippen molar-refractivity contribution in [2.24, 2.45) is 5.92 Å². The predicted octanol–water partition coefficient (Wildman–Crippen LogP) is 5.83. The monoisotopic (exact) mass is 495 g/mol. The maximum atomic E-state index is 13.3. The molecule has 168 valence electrons. The molecule has 1 heterocycles. The van der Waals surface area contributed by atoms with Crippen LogP contribution in [0.3, 0.4) is 0 Å². The molecule has 1 aromatic heterocycles. The second-order valence-corrected chi connectivity index (χ2v) is 8.82. The molecule has 0 aliphatic heterocycles. The van der Waals surface area contributed by atoms with Crippen LogP contribution in [0, 0.1) is 11.7 Å². The fraction of sp³-hybridized carbons (Fsp3) is 0.238. The molecule has 0 saturated heterocycles. The maximum absolute atomic E-state index is 13.3. The van der Waals surface area contributed by atoms with E-state index < -0.39 is 23.8 Å². The lowest BCUT2D eigenvalue weighted by Crippen LogP contribution is -2.49. The zero-order chi connectivity index (χ0) is 23.3. The standard InChI is InChI=1S/C21H20Cl2FN5O2S/c1-3-11(2)17(26-20(31)25-14-8-9-16(24)15(23)10-14)18(30)27-21-29-28-19(32-21)12-4-6-13(22)7-5-12/h4-11,17H,3H2,1-2H3,(H2,25,26,31)(H,27,29,30)/t11-,17+/m0/s1. The Kier molecular flexibility index (Phi) is 8.00. The van der Waals surface area contributed by atoms with Gasteiger partial charge in [0.25, 0.3) is 0 Å². The van der Waals surface area contributed by atoms with Crippen molar-refractivity contribution < 1.29 is 14.0 Å². The van der Waals surface area contributed by atoms with Crippen LogP contribution in [0.2, 0.25) is 10.0 Å². The molecule has 0 fully saturated rings. The van der Waals surface area contributed by atoms with E-state index in [2.05, 4.69) is 26.1 Å². The van der Waals surface area contributed by atoms with Gasteiger partial charge in [-0.2, -0.15) is 0 Å². The van der Waals surface area contributed by atoms with Crippen LogP contribution in [0.1, 0.15) is 20.3 Å². The van der Waals surface area contributed by atoms with Crippen LogP contribution in [0.4, 0.5) is 20.0 Å². The maximum Gasteiger partial charge on any atom is 0.319 e. The molecule has 0 aliphatic carbocycles. The third-order valence-electron chi connectivity index (χ3n) is 4.71. The van der Waals surface area contributed by atoms with Crippen LogP contribution < -0.4 is 16.0 Å². The molecule has 0 radical (unpaired) electrons. The van der Waals surface area contributed by atoms with E-state index in [0.717, 1.165) is 11.6 Å². The Morgan fingerprint density at radius 2 is 1.81 bits per heavy atom.